The molecule has 2 unspecified atom stereocenters. The number of hydrogen-bond acceptors (Lipinski definition) is 5. The molecule has 8 heteroatoms. The van der Waals surface area contributed by atoms with Crippen LogP contribution in [0.2, 0.25) is 0 Å². The number of carbonyl (C=O) groups is 1. The van der Waals surface area contributed by atoms with E-state index in [-0.39, 0.29) is 18.0 Å². The largest absolute Gasteiger partial charge is 0.479 e. The van der Waals surface area contributed by atoms with E-state index < -0.39 is 15.1 Å². The van der Waals surface area contributed by atoms with Crippen molar-refractivity contribution in [2.45, 2.75) is 47.9 Å². The van der Waals surface area contributed by atoms with E-state index in [1.165, 1.54) is 7.11 Å². The number of rotatable bonds is 4. The van der Waals surface area contributed by atoms with Gasteiger partial charge in [0, 0.05) is 25.3 Å². The van der Waals surface area contributed by atoms with Gasteiger partial charge in [0.15, 0.2) is 9.84 Å². The molecule has 4 rings (SSSR count). The summed E-state index contributed by atoms with van der Waals surface area (Å²) in [5.41, 5.74) is 0.432. The molecule has 0 saturated carbocycles. The average Bonchev–Trinajstić information content (AvgIpc) is 3.18. The third-order valence-corrected chi connectivity index (χ3v) is 7.85. The summed E-state index contributed by atoms with van der Waals surface area (Å²) in [5, 5.41) is 3.71. The molecule has 0 radical (unpaired) electrons. The number of fused-ring (bicyclic) bond motifs is 2. The fourth-order valence-corrected chi connectivity index (χ4v) is 6.29. The quantitative estimate of drug-likeness (QED) is 0.799. The number of aromatic nitrogens is 2. The molecule has 2 aliphatic rings. The molecule has 2 aliphatic heterocycles. The number of sulfone groups is 1. The minimum atomic E-state index is -3.39. The first-order valence-electron chi connectivity index (χ1n) is 9.11. The van der Waals surface area contributed by atoms with Crippen LogP contribution in [0.1, 0.15) is 36.0 Å². The number of benzene rings is 1. The Kier molecular flexibility index (Phi) is 4.46. The molecule has 0 N–H and O–H groups in total. The molecule has 1 aromatic carbocycles. The highest BCUT2D eigenvalue weighted by Crippen LogP contribution is 2.41. The molecule has 1 aromatic heterocycles. The predicted molar refractivity (Wildman–Crippen MR) is 99.4 cm³/mol. The summed E-state index contributed by atoms with van der Waals surface area (Å²) in [7, 11) is -0.154. The van der Waals surface area contributed by atoms with Crippen LogP contribution in [0.3, 0.4) is 0 Å². The summed E-state index contributed by atoms with van der Waals surface area (Å²) in [6.45, 7) is 0. The molecule has 144 valence electrons. The van der Waals surface area contributed by atoms with Crippen molar-refractivity contribution >= 4 is 15.7 Å². The maximum Gasteiger partial charge on any atom is 0.261 e. The zero-order valence-corrected chi connectivity index (χ0v) is 16.2. The van der Waals surface area contributed by atoms with Crippen LogP contribution in [0.5, 0.6) is 5.88 Å². The van der Waals surface area contributed by atoms with E-state index in [9.17, 15) is 13.2 Å². The summed E-state index contributed by atoms with van der Waals surface area (Å²) in [5.74, 6) is 0.184. The number of ether oxygens (including phenoxy) is 1. The lowest BCUT2D eigenvalue weighted by Gasteiger charge is -2.38. The zero-order chi connectivity index (χ0) is 19.2. The Bertz CT molecular complexity index is 941. The molecular weight excluding hydrogens is 366 g/mol. The fraction of sp³-hybridized carbons (Fsp3) is 0.474. The molecule has 27 heavy (non-hydrogen) atoms. The molecule has 7 nitrogen and oxygen atoms in total. The van der Waals surface area contributed by atoms with Crippen molar-refractivity contribution in [3.05, 3.63) is 42.1 Å². The summed E-state index contributed by atoms with van der Waals surface area (Å²) < 4.78 is 32.8. The Morgan fingerprint density at radius 2 is 1.78 bits per heavy atom. The van der Waals surface area contributed by atoms with Crippen molar-refractivity contribution in [2.75, 3.05) is 7.11 Å². The zero-order valence-electron chi connectivity index (χ0n) is 15.4. The van der Waals surface area contributed by atoms with E-state index in [4.69, 9.17) is 4.74 Å². The molecular formula is C19H23N3O4S. The van der Waals surface area contributed by atoms with E-state index in [1.54, 1.807) is 42.2 Å². The van der Waals surface area contributed by atoms with Crippen molar-refractivity contribution < 1.29 is 17.9 Å². The maximum absolute atomic E-state index is 13.1. The number of hydrogen-bond donors (Lipinski definition) is 0. The van der Waals surface area contributed by atoms with Gasteiger partial charge in [-0.1, -0.05) is 18.2 Å². The van der Waals surface area contributed by atoms with Crippen molar-refractivity contribution in [1.29, 1.82) is 0 Å². The van der Waals surface area contributed by atoms with E-state index in [0.29, 0.717) is 29.2 Å². The highest BCUT2D eigenvalue weighted by atomic mass is 32.2. The van der Waals surface area contributed by atoms with Gasteiger partial charge in [-0.3, -0.25) is 9.48 Å². The minimum absolute atomic E-state index is 0.0651. The Hall–Kier alpha value is -2.35. The smallest absolute Gasteiger partial charge is 0.261 e. The van der Waals surface area contributed by atoms with Crippen LogP contribution in [-0.2, 0) is 16.9 Å². The molecule has 2 fully saturated rings. The standard InChI is InChI=1S/C19H23N3O4S/c1-21-12-17(18(20-21)26-2)19(23)22-13-8-9-14(22)11-16(10-13)27(24,25)15-6-4-3-5-7-15/h3-7,12-14,16H,8-11H2,1-2H3. The van der Waals surface area contributed by atoms with Gasteiger partial charge in [0.2, 0.25) is 5.88 Å². The first kappa shape index (κ1) is 18.0. The van der Waals surface area contributed by atoms with E-state index in [2.05, 4.69) is 5.10 Å². The number of nitrogens with zero attached hydrogens (tertiary/aromatic N) is 3. The van der Waals surface area contributed by atoms with Gasteiger partial charge >= 0.3 is 0 Å². The summed E-state index contributed by atoms with van der Waals surface area (Å²) in [6.07, 6.45) is 4.27. The van der Waals surface area contributed by atoms with Crippen molar-refractivity contribution in [3.63, 3.8) is 0 Å². The van der Waals surface area contributed by atoms with E-state index in [1.807, 2.05) is 11.0 Å². The number of aryl methyl sites for hydroxylation is 1. The Morgan fingerprint density at radius 1 is 1.15 bits per heavy atom. The van der Waals surface area contributed by atoms with Crippen molar-refractivity contribution in [2.24, 2.45) is 7.05 Å². The molecule has 2 aromatic rings. The van der Waals surface area contributed by atoms with Gasteiger partial charge in [-0.15, -0.1) is 5.10 Å². The average molecular weight is 389 g/mol. The molecule has 2 bridgehead atoms. The highest BCUT2D eigenvalue weighted by molar-refractivity contribution is 7.92. The van der Waals surface area contributed by atoms with Gasteiger partial charge in [0.05, 0.1) is 17.3 Å². The summed E-state index contributed by atoms with van der Waals surface area (Å²) in [6, 6.07) is 8.47. The molecule has 2 saturated heterocycles. The SMILES string of the molecule is COc1nn(C)cc1C(=O)N1C2CCC1CC(S(=O)(=O)c1ccccc1)C2. The van der Waals surface area contributed by atoms with Crippen LogP contribution in [0.15, 0.2) is 41.4 Å². The van der Waals surface area contributed by atoms with E-state index >= 15 is 0 Å². The lowest BCUT2D eigenvalue weighted by Crippen LogP contribution is -2.49. The number of carbonyl (C=O) groups excluding carboxylic acids is 1. The Balaban J connectivity index is 1.58. The fourth-order valence-electron chi connectivity index (χ4n) is 4.42. The number of amides is 1. The second-order valence-corrected chi connectivity index (χ2v) is 9.50. The van der Waals surface area contributed by atoms with Crippen molar-refractivity contribution in [1.82, 2.24) is 14.7 Å². The van der Waals surface area contributed by atoms with Gasteiger partial charge in [0.1, 0.15) is 5.56 Å². The highest BCUT2D eigenvalue weighted by Gasteiger charge is 2.47. The van der Waals surface area contributed by atoms with Gasteiger partial charge < -0.3 is 9.64 Å². The molecule has 2 atom stereocenters. The number of piperidine rings is 1. The third kappa shape index (κ3) is 3.01. The minimum Gasteiger partial charge on any atom is -0.479 e. The normalized spacial score (nSPS) is 24.8. The Morgan fingerprint density at radius 3 is 2.37 bits per heavy atom. The van der Waals surface area contributed by atoms with Gasteiger partial charge in [-0.25, -0.2) is 8.42 Å². The summed E-state index contributed by atoms with van der Waals surface area (Å²) >= 11 is 0. The van der Waals surface area contributed by atoms with Gasteiger partial charge in [0.25, 0.3) is 5.91 Å². The first-order chi connectivity index (χ1) is 12.9. The topological polar surface area (TPSA) is 81.5 Å². The summed E-state index contributed by atoms with van der Waals surface area (Å²) in [4.78, 5) is 15.3. The van der Waals surface area contributed by atoms with Crippen molar-refractivity contribution in [3.8, 4) is 5.88 Å². The van der Waals surface area contributed by atoms with Crippen LogP contribution in [0.25, 0.3) is 0 Å². The predicted octanol–water partition coefficient (Wildman–Crippen LogP) is 2.04. The monoisotopic (exact) mass is 389 g/mol. The second kappa shape index (κ2) is 6.67. The maximum atomic E-state index is 13.1. The second-order valence-electron chi connectivity index (χ2n) is 7.27. The third-order valence-electron chi connectivity index (χ3n) is 5.65. The Labute approximate surface area is 158 Å². The van der Waals surface area contributed by atoms with Crippen LogP contribution < -0.4 is 4.74 Å². The van der Waals surface area contributed by atoms with E-state index in [0.717, 1.165) is 12.8 Å². The van der Waals surface area contributed by atoms with Gasteiger partial charge in [-0.2, -0.15) is 0 Å². The molecule has 3 heterocycles. The van der Waals surface area contributed by atoms with Crippen LogP contribution in [-0.4, -0.2) is 53.4 Å². The molecule has 0 spiro atoms. The molecule has 1 amide bonds. The lowest BCUT2D eigenvalue weighted by molar-refractivity contribution is 0.0595. The molecule has 0 aliphatic carbocycles. The first-order valence-corrected chi connectivity index (χ1v) is 10.7. The van der Waals surface area contributed by atoms with Crippen LogP contribution in [0, 0.1) is 0 Å². The lowest BCUT2D eigenvalue weighted by atomic mass is 10.0. The number of methoxy groups -OCH3 is 1. The van der Waals surface area contributed by atoms with Gasteiger partial charge in [-0.05, 0) is 37.8 Å². The van der Waals surface area contributed by atoms with Crippen LogP contribution >= 0.6 is 0 Å². The van der Waals surface area contributed by atoms with Crippen LogP contribution in [0.4, 0.5) is 0 Å².